The monoisotopic (exact) mass is 379 g/mol. The van der Waals surface area contributed by atoms with Crippen molar-refractivity contribution in [2.75, 3.05) is 18.5 Å². The molecule has 0 amide bonds. The van der Waals surface area contributed by atoms with E-state index in [9.17, 15) is 4.79 Å². The number of aromatic nitrogens is 1. The van der Waals surface area contributed by atoms with Crippen molar-refractivity contribution in [3.8, 4) is 11.8 Å². The first kappa shape index (κ1) is 19.7. The van der Waals surface area contributed by atoms with Crippen molar-refractivity contribution in [3.63, 3.8) is 0 Å². The van der Waals surface area contributed by atoms with Gasteiger partial charge in [0.25, 0.3) is 0 Å². The van der Waals surface area contributed by atoms with Gasteiger partial charge in [0.1, 0.15) is 23.7 Å². The van der Waals surface area contributed by atoms with Crippen LogP contribution in [0.3, 0.4) is 0 Å². The van der Waals surface area contributed by atoms with Crippen LogP contribution in [0.2, 0.25) is 0 Å². The van der Waals surface area contributed by atoms with E-state index in [1.165, 1.54) is 5.56 Å². The summed E-state index contributed by atoms with van der Waals surface area (Å²) in [6.45, 7) is 3.31. The van der Waals surface area contributed by atoms with Crippen molar-refractivity contribution in [1.29, 1.82) is 5.26 Å². The standard InChI is InChI=1S/C22H25N3O3/c1-2-4-22(26)28-20-9-6-17-13-18(7-8-19(17)20)27-12-3-11-24-21-10-5-16(14-23)15-25-21/h5,7-8,10,13,15,20H,2-4,6,9,11-12H2,1H3,(H,24,25)/t20-/m0/s1. The number of esters is 1. The molecule has 6 heteroatoms. The number of rotatable bonds is 9. The first-order valence-electron chi connectivity index (χ1n) is 9.74. The van der Waals surface area contributed by atoms with E-state index in [0.717, 1.165) is 49.4 Å². The Kier molecular flexibility index (Phi) is 6.85. The van der Waals surface area contributed by atoms with Gasteiger partial charge in [-0.05, 0) is 61.1 Å². The number of carbonyl (C=O) groups is 1. The van der Waals surface area contributed by atoms with E-state index < -0.39 is 0 Å². The quantitative estimate of drug-likeness (QED) is 0.520. The number of hydrogen-bond acceptors (Lipinski definition) is 6. The van der Waals surface area contributed by atoms with Gasteiger partial charge in [-0.2, -0.15) is 5.26 Å². The number of nitrogens with zero attached hydrogens (tertiary/aromatic N) is 2. The smallest absolute Gasteiger partial charge is 0.306 e. The van der Waals surface area contributed by atoms with Crippen LogP contribution in [0.25, 0.3) is 0 Å². The Morgan fingerprint density at radius 3 is 3.00 bits per heavy atom. The van der Waals surface area contributed by atoms with Crippen LogP contribution in [0.4, 0.5) is 5.82 Å². The lowest BCUT2D eigenvalue weighted by Crippen LogP contribution is -2.09. The molecular weight excluding hydrogens is 354 g/mol. The van der Waals surface area contributed by atoms with Crippen LogP contribution < -0.4 is 10.1 Å². The fourth-order valence-electron chi connectivity index (χ4n) is 3.23. The van der Waals surface area contributed by atoms with Crippen LogP contribution in [-0.4, -0.2) is 24.1 Å². The highest BCUT2D eigenvalue weighted by Gasteiger charge is 2.25. The molecule has 0 radical (unpaired) electrons. The van der Waals surface area contributed by atoms with Crippen molar-refractivity contribution >= 4 is 11.8 Å². The molecule has 0 fully saturated rings. The number of nitrogens with one attached hydrogen (secondary N) is 1. The Morgan fingerprint density at radius 1 is 1.36 bits per heavy atom. The van der Waals surface area contributed by atoms with Crippen molar-refractivity contribution in [3.05, 3.63) is 53.2 Å². The third-order valence-electron chi connectivity index (χ3n) is 4.65. The second-order valence-corrected chi connectivity index (χ2v) is 6.80. The van der Waals surface area contributed by atoms with E-state index in [-0.39, 0.29) is 12.1 Å². The van der Waals surface area contributed by atoms with Gasteiger partial charge in [0.05, 0.1) is 12.2 Å². The third kappa shape index (κ3) is 5.23. The summed E-state index contributed by atoms with van der Waals surface area (Å²) in [6.07, 6.45) is 5.29. The fraction of sp³-hybridized carbons (Fsp3) is 0.409. The fourth-order valence-corrected chi connectivity index (χ4v) is 3.23. The van der Waals surface area contributed by atoms with Gasteiger partial charge >= 0.3 is 5.97 Å². The zero-order valence-electron chi connectivity index (χ0n) is 16.1. The van der Waals surface area contributed by atoms with Crippen molar-refractivity contribution < 1.29 is 14.3 Å². The number of benzene rings is 1. The maximum Gasteiger partial charge on any atom is 0.306 e. The predicted molar refractivity (Wildman–Crippen MR) is 106 cm³/mol. The first-order valence-corrected chi connectivity index (χ1v) is 9.74. The zero-order chi connectivity index (χ0) is 19.8. The van der Waals surface area contributed by atoms with Crippen LogP contribution >= 0.6 is 0 Å². The Balaban J connectivity index is 1.42. The average Bonchev–Trinajstić information content (AvgIpc) is 3.10. The number of ether oxygens (including phenoxy) is 2. The molecule has 0 unspecified atom stereocenters. The lowest BCUT2D eigenvalue weighted by atomic mass is 10.1. The summed E-state index contributed by atoms with van der Waals surface area (Å²) in [5.41, 5.74) is 2.85. The second kappa shape index (κ2) is 9.75. The van der Waals surface area contributed by atoms with E-state index >= 15 is 0 Å². The van der Waals surface area contributed by atoms with Gasteiger partial charge in [-0.15, -0.1) is 0 Å². The number of pyridine rings is 1. The molecule has 0 bridgehead atoms. The van der Waals surface area contributed by atoms with E-state index in [0.29, 0.717) is 18.6 Å². The summed E-state index contributed by atoms with van der Waals surface area (Å²) >= 11 is 0. The number of anilines is 1. The molecule has 1 aromatic carbocycles. The molecule has 3 rings (SSSR count). The number of carbonyl (C=O) groups excluding carboxylic acids is 1. The summed E-state index contributed by atoms with van der Waals surface area (Å²) in [4.78, 5) is 15.9. The summed E-state index contributed by atoms with van der Waals surface area (Å²) in [7, 11) is 0. The van der Waals surface area contributed by atoms with Gasteiger partial charge in [0.2, 0.25) is 0 Å². The molecule has 1 aliphatic carbocycles. The van der Waals surface area contributed by atoms with E-state index in [1.807, 2.05) is 25.1 Å². The molecule has 1 N–H and O–H groups in total. The number of aryl methyl sites for hydroxylation is 1. The summed E-state index contributed by atoms with van der Waals surface area (Å²) in [5, 5.41) is 12.0. The predicted octanol–water partition coefficient (Wildman–Crippen LogP) is 4.16. The molecule has 0 spiro atoms. The Hall–Kier alpha value is -3.07. The SMILES string of the molecule is CCCC(=O)O[C@H]1CCc2cc(OCCCNc3ccc(C#N)cn3)ccc21. The highest BCUT2D eigenvalue weighted by atomic mass is 16.5. The minimum Gasteiger partial charge on any atom is -0.494 e. The van der Waals surface area contributed by atoms with Crippen molar-refractivity contribution in [2.45, 2.75) is 45.1 Å². The van der Waals surface area contributed by atoms with Crippen LogP contribution in [0, 0.1) is 11.3 Å². The van der Waals surface area contributed by atoms with E-state index in [4.69, 9.17) is 14.7 Å². The largest absolute Gasteiger partial charge is 0.494 e. The molecule has 1 atom stereocenters. The average molecular weight is 379 g/mol. The molecule has 1 aromatic heterocycles. The Bertz CT molecular complexity index is 843. The molecule has 146 valence electrons. The van der Waals surface area contributed by atoms with Crippen LogP contribution in [0.1, 0.15) is 55.4 Å². The van der Waals surface area contributed by atoms with E-state index in [2.05, 4.69) is 16.4 Å². The lowest BCUT2D eigenvalue weighted by Gasteiger charge is -2.14. The Labute approximate surface area is 165 Å². The molecule has 0 saturated carbocycles. The second-order valence-electron chi connectivity index (χ2n) is 6.80. The highest BCUT2D eigenvalue weighted by Crippen LogP contribution is 2.36. The normalized spacial score (nSPS) is 14.8. The van der Waals surface area contributed by atoms with Gasteiger partial charge < -0.3 is 14.8 Å². The number of hydrogen-bond donors (Lipinski definition) is 1. The number of fused-ring (bicyclic) bond motifs is 1. The topological polar surface area (TPSA) is 84.2 Å². The van der Waals surface area contributed by atoms with Crippen LogP contribution in [0.15, 0.2) is 36.5 Å². The van der Waals surface area contributed by atoms with Gasteiger partial charge in [0.15, 0.2) is 0 Å². The molecule has 6 nitrogen and oxygen atoms in total. The highest BCUT2D eigenvalue weighted by molar-refractivity contribution is 5.69. The molecule has 0 saturated heterocycles. The van der Waals surface area contributed by atoms with Crippen LogP contribution in [0.5, 0.6) is 5.75 Å². The minimum atomic E-state index is -0.120. The summed E-state index contributed by atoms with van der Waals surface area (Å²) < 4.78 is 11.4. The van der Waals surface area contributed by atoms with Crippen molar-refractivity contribution in [1.82, 2.24) is 4.98 Å². The number of nitriles is 1. The van der Waals surface area contributed by atoms with Gasteiger partial charge in [-0.25, -0.2) is 4.98 Å². The third-order valence-corrected chi connectivity index (χ3v) is 4.65. The molecule has 28 heavy (non-hydrogen) atoms. The molecule has 2 aromatic rings. The minimum absolute atomic E-state index is 0.118. The van der Waals surface area contributed by atoms with Crippen LogP contribution in [-0.2, 0) is 16.0 Å². The lowest BCUT2D eigenvalue weighted by molar-refractivity contribution is -0.149. The van der Waals surface area contributed by atoms with Gasteiger partial charge in [-0.1, -0.05) is 13.0 Å². The maximum atomic E-state index is 11.7. The van der Waals surface area contributed by atoms with Gasteiger partial charge in [-0.3, -0.25) is 4.79 Å². The first-order chi connectivity index (χ1) is 13.7. The molecule has 1 heterocycles. The summed E-state index contributed by atoms with van der Waals surface area (Å²) in [5.74, 6) is 1.47. The maximum absolute atomic E-state index is 11.7. The Morgan fingerprint density at radius 2 is 2.25 bits per heavy atom. The molecular formula is C22H25N3O3. The van der Waals surface area contributed by atoms with Gasteiger partial charge in [0, 0.05) is 19.2 Å². The van der Waals surface area contributed by atoms with E-state index in [1.54, 1.807) is 18.3 Å². The molecule has 0 aliphatic heterocycles. The zero-order valence-corrected chi connectivity index (χ0v) is 16.1. The summed E-state index contributed by atoms with van der Waals surface area (Å²) in [6, 6.07) is 11.6. The molecule has 1 aliphatic rings. The van der Waals surface area contributed by atoms with Crippen molar-refractivity contribution in [2.24, 2.45) is 0 Å².